The molecule has 2 atom stereocenters. The van der Waals surface area contributed by atoms with Crippen LogP contribution in [0.1, 0.15) is 31.9 Å². The van der Waals surface area contributed by atoms with Crippen LogP contribution < -0.4 is 5.73 Å². The Balaban J connectivity index is 2.11. The third-order valence-electron chi connectivity index (χ3n) is 4.64. The Morgan fingerprint density at radius 3 is 1.72 bits per heavy atom. The van der Waals surface area contributed by atoms with Crippen molar-refractivity contribution in [1.29, 1.82) is 0 Å². The summed E-state index contributed by atoms with van der Waals surface area (Å²) in [6, 6.07) is 20.1. The van der Waals surface area contributed by atoms with Gasteiger partial charge in [-0.05, 0) is 36.8 Å². The van der Waals surface area contributed by atoms with Gasteiger partial charge in [-0.1, -0.05) is 74.5 Å². The Kier molecular flexibility index (Phi) is 7.20. The number of nitrogens with two attached hydrogens (primary N) is 1. The lowest BCUT2D eigenvalue weighted by atomic mass is 9.88. The van der Waals surface area contributed by atoms with E-state index >= 15 is 0 Å². The van der Waals surface area contributed by atoms with E-state index in [9.17, 15) is 4.79 Å². The summed E-state index contributed by atoms with van der Waals surface area (Å²) in [5.41, 5.74) is 8.44. The maximum Gasteiger partial charge on any atom is 0.323 e. The maximum atomic E-state index is 12.3. The molecule has 0 aliphatic heterocycles. The molecule has 0 aliphatic carbocycles. The first-order valence-corrected chi connectivity index (χ1v) is 9.01. The lowest BCUT2D eigenvalue weighted by Gasteiger charge is -2.26. The van der Waals surface area contributed by atoms with E-state index < -0.39 is 6.04 Å². The minimum atomic E-state index is -0.573. The van der Waals surface area contributed by atoms with Gasteiger partial charge >= 0.3 is 5.97 Å². The van der Waals surface area contributed by atoms with E-state index in [1.807, 2.05) is 57.2 Å². The van der Waals surface area contributed by atoms with Crippen molar-refractivity contribution < 1.29 is 9.53 Å². The second-order valence-electron chi connectivity index (χ2n) is 7.05. The summed E-state index contributed by atoms with van der Waals surface area (Å²) in [4.78, 5) is 12.3. The van der Waals surface area contributed by atoms with Crippen molar-refractivity contribution in [2.75, 3.05) is 0 Å². The van der Waals surface area contributed by atoms with E-state index in [2.05, 4.69) is 24.3 Å². The fraction of sp³-hybridized carbons (Fsp3) is 0.409. The number of carbonyl (C=O) groups excluding carboxylic acids is 1. The number of ether oxygens (including phenoxy) is 1. The average Bonchev–Trinajstić information content (AvgIpc) is 2.62. The maximum absolute atomic E-state index is 12.3. The summed E-state index contributed by atoms with van der Waals surface area (Å²) in [5, 5.41) is 0. The highest BCUT2D eigenvalue weighted by Crippen LogP contribution is 2.21. The standard InChI is InChI=1S/C22H29NO2/c1-16(2)21(23)22(24)25-17(3)20(14-18-10-6-4-7-11-18)15-19-12-8-5-9-13-19/h4-13,16-17,20-21H,14-15,23H2,1-3H3/t17-,21-/m0/s1. The van der Waals surface area contributed by atoms with Gasteiger partial charge in [0.15, 0.2) is 0 Å². The van der Waals surface area contributed by atoms with Crippen LogP contribution in [0.4, 0.5) is 0 Å². The predicted molar refractivity (Wildman–Crippen MR) is 102 cm³/mol. The van der Waals surface area contributed by atoms with Crippen LogP contribution in [0.3, 0.4) is 0 Å². The molecule has 0 bridgehead atoms. The fourth-order valence-electron chi connectivity index (χ4n) is 2.87. The monoisotopic (exact) mass is 339 g/mol. The molecule has 2 aromatic carbocycles. The molecular weight excluding hydrogens is 310 g/mol. The van der Waals surface area contributed by atoms with Crippen LogP contribution in [0, 0.1) is 11.8 Å². The van der Waals surface area contributed by atoms with Crippen molar-refractivity contribution in [3.8, 4) is 0 Å². The highest BCUT2D eigenvalue weighted by Gasteiger charge is 2.26. The molecule has 134 valence electrons. The van der Waals surface area contributed by atoms with Crippen LogP contribution >= 0.6 is 0 Å². The number of rotatable bonds is 8. The zero-order valence-electron chi connectivity index (χ0n) is 15.4. The SMILES string of the molecule is CC(C)[C@H](N)C(=O)O[C@@H](C)C(Cc1ccccc1)Cc1ccccc1. The Morgan fingerprint density at radius 2 is 1.32 bits per heavy atom. The molecule has 2 N–H and O–H groups in total. The minimum Gasteiger partial charge on any atom is -0.461 e. The highest BCUT2D eigenvalue weighted by atomic mass is 16.5. The normalized spacial score (nSPS) is 13.7. The summed E-state index contributed by atoms with van der Waals surface area (Å²) in [7, 11) is 0. The molecule has 0 radical (unpaired) electrons. The van der Waals surface area contributed by atoms with Crippen molar-refractivity contribution in [2.24, 2.45) is 17.6 Å². The number of hydrogen-bond acceptors (Lipinski definition) is 3. The summed E-state index contributed by atoms with van der Waals surface area (Å²) >= 11 is 0. The molecule has 2 rings (SSSR count). The highest BCUT2D eigenvalue weighted by molar-refractivity contribution is 5.75. The molecular formula is C22H29NO2. The van der Waals surface area contributed by atoms with Gasteiger partial charge in [-0.3, -0.25) is 4.79 Å². The van der Waals surface area contributed by atoms with E-state index in [4.69, 9.17) is 10.5 Å². The van der Waals surface area contributed by atoms with Crippen LogP contribution in [-0.4, -0.2) is 18.1 Å². The van der Waals surface area contributed by atoms with Crippen LogP contribution in [0.5, 0.6) is 0 Å². The Labute approximate surface area is 151 Å². The second kappa shape index (κ2) is 9.38. The van der Waals surface area contributed by atoms with Gasteiger partial charge in [-0.25, -0.2) is 0 Å². The second-order valence-corrected chi connectivity index (χ2v) is 7.05. The van der Waals surface area contributed by atoms with Gasteiger partial charge in [0.25, 0.3) is 0 Å². The van der Waals surface area contributed by atoms with Crippen LogP contribution in [0.2, 0.25) is 0 Å². The van der Waals surface area contributed by atoms with E-state index in [1.165, 1.54) is 11.1 Å². The van der Waals surface area contributed by atoms with Gasteiger partial charge < -0.3 is 10.5 Å². The Bertz CT molecular complexity index is 598. The first-order chi connectivity index (χ1) is 12.0. The van der Waals surface area contributed by atoms with E-state index in [0.717, 1.165) is 12.8 Å². The number of hydrogen-bond donors (Lipinski definition) is 1. The van der Waals surface area contributed by atoms with Gasteiger partial charge in [-0.15, -0.1) is 0 Å². The van der Waals surface area contributed by atoms with Gasteiger partial charge in [0, 0.05) is 5.92 Å². The summed E-state index contributed by atoms with van der Waals surface area (Å²) < 4.78 is 5.72. The minimum absolute atomic E-state index is 0.0707. The quantitative estimate of drug-likeness (QED) is 0.740. The fourth-order valence-corrected chi connectivity index (χ4v) is 2.87. The molecule has 0 amide bonds. The van der Waals surface area contributed by atoms with Crippen LogP contribution in [0.25, 0.3) is 0 Å². The predicted octanol–water partition coefficient (Wildman–Crippen LogP) is 4.00. The zero-order valence-corrected chi connectivity index (χ0v) is 15.4. The summed E-state index contributed by atoms with van der Waals surface area (Å²) in [6.45, 7) is 5.84. The smallest absolute Gasteiger partial charge is 0.323 e. The van der Waals surface area contributed by atoms with Crippen LogP contribution in [0.15, 0.2) is 60.7 Å². The molecule has 3 heteroatoms. The van der Waals surface area contributed by atoms with Crippen molar-refractivity contribution >= 4 is 5.97 Å². The third kappa shape index (κ3) is 6.02. The van der Waals surface area contributed by atoms with E-state index in [0.29, 0.717) is 0 Å². The number of esters is 1. The lowest BCUT2D eigenvalue weighted by molar-refractivity contribution is -0.153. The molecule has 25 heavy (non-hydrogen) atoms. The van der Waals surface area contributed by atoms with Crippen molar-refractivity contribution in [2.45, 2.75) is 45.8 Å². The molecule has 0 unspecified atom stereocenters. The average molecular weight is 339 g/mol. The molecule has 0 saturated heterocycles. The molecule has 0 aliphatic rings. The zero-order chi connectivity index (χ0) is 18.2. The number of benzene rings is 2. The van der Waals surface area contributed by atoms with Crippen molar-refractivity contribution in [1.82, 2.24) is 0 Å². The molecule has 0 spiro atoms. The summed E-state index contributed by atoms with van der Waals surface area (Å²) in [6.07, 6.45) is 1.53. The Hall–Kier alpha value is -2.13. The Morgan fingerprint density at radius 1 is 0.880 bits per heavy atom. The molecule has 3 nitrogen and oxygen atoms in total. The third-order valence-corrected chi connectivity index (χ3v) is 4.64. The summed E-state index contributed by atoms with van der Waals surface area (Å²) in [5.74, 6) is -0.0388. The lowest BCUT2D eigenvalue weighted by Crippen LogP contribution is -2.40. The first-order valence-electron chi connectivity index (χ1n) is 9.01. The van der Waals surface area contributed by atoms with Crippen molar-refractivity contribution in [3.05, 3.63) is 71.8 Å². The van der Waals surface area contributed by atoms with Gasteiger partial charge in [0.2, 0.25) is 0 Å². The van der Waals surface area contributed by atoms with Gasteiger partial charge in [0.1, 0.15) is 12.1 Å². The van der Waals surface area contributed by atoms with E-state index in [1.54, 1.807) is 0 Å². The number of carbonyl (C=O) groups is 1. The largest absolute Gasteiger partial charge is 0.461 e. The molecule has 0 fully saturated rings. The van der Waals surface area contributed by atoms with Gasteiger partial charge in [0.05, 0.1) is 0 Å². The first kappa shape index (κ1) is 19.2. The molecule has 0 saturated carbocycles. The molecule has 2 aromatic rings. The molecule has 0 heterocycles. The topological polar surface area (TPSA) is 52.3 Å². The molecule has 0 aromatic heterocycles. The van der Waals surface area contributed by atoms with Crippen LogP contribution in [-0.2, 0) is 22.4 Å². The van der Waals surface area contributed by atoms with E-state index in [-0.39, 0.29) is 23.9 Å². The van der Waals surface area contributed by atoms with Crippen molar-refractivity contribution in [3.63, 3.8) is 0 Å². The van der Waals surface area contributed by atoms with Gasteiger partial charge in [-0.2, -0.15) is 0 Å².